The van der Waals surface area contributed by atoms with Gasteiger partial charge in [0.05, 0.1) is 0 Å². The molecule has 1 fully saturated rings. The van der Waals surface area contributed by atoms with Crippen molar-refractivity contribution in [2.75, 3.05) is 26.2 Å². The van der Waals surface area contributed by atoms with Crippen molar-refractivity contribution in [3.8, 4) is 0 Å². The zero-order valence-corrected chi connectivity index (χ0v) is 13.6. The van der Waals surface area contributed by atoms with Gasteiger partial charge in [-0.15, -0.1) is 0 Å². The van der Waals surface area contributed by atoms with E-state index in [1.807, 2.05) is 4.90 Å². The number of thioether (sulfide) groups is 1. The molecule has 0 bridgehead atoms. The first kappa shape index (κ1) is 19.4. The third kappa shape index (κ3) is 6.52. The molecule has 136 valence electrons. The number of hydrogen-bond acceptors (Lipinski definition) is 3. The van der Waals surface area contributed by atoms with Crippen LogP contribution in [0.15, 0.2) is 29.2 Å². The molecule has 0 radical (unpaired) electrons. The molecule has 1 atom stereocenters. The molecule has 0 amide bonds. The molecule has 0 aliphatic carbocycles. The van der Waals surface area contributed by atoms with Crippen molar-refractivity contribution in [1.82, 2.24) is 10.2 Å². The summed E-state index contributed by atoms with van der Waals surface area (Å²) >= 11 is -0.229. The zero-order valence-electron chi connectivity index (χ0n) is 12.8. The van der Waals surface area contributed by atoms with Crippen LogP contribution in [0.1, 0.15) is 24.4 Å². The Hall–Kier alpha value is -0.930. The highest BCUT2D eigenvalue weighted by Gasteiger charge is 2.32. The van der Waals surface area contributed by atoms with Gasteiger partial charge in [-0.1, -0.05) is 12.1 Å². The third-order valence-corrected chi connectivity index (χ3v) is 4.53. The Morgan fingerprint density at radius 1 is 1.00 bits per heavy atom. The average molecular weight is 372 g/mol. The molecule has 1 saturated heterocycles. The molecule has 1 aliphatic heterocycles. The fourth-order valence-electron chi connectivity index (χ4n) is 2.75. The van der Waals surface area contributed by atoms with Crippen LogP contribution in [0.3, 0.4) is 0 Å². The number of hydrogen-bond donors (Lipinski definition) is 1. The van der Waals surface area contributed by atoms with Gasteiger partial charge in [0.25, 0.3) is 0 Å². The maximum Gasteiger partial charge on any atom is 0.446 e. The summed E-state index contributed by atoms with van der Waals surface area (Å²) in [6.45, 7) is 2.60. The molecule has 1 heterocycles. The summed E-state index contributed by atoms with van der Waals surface area (Å²) in [5.74, 6) is 0. The van der Waals surface area contributed by atoms with Crippen LogP contribution in [0, 0.1) is 0 Å². The molecule has 9 heteroatoms. The van der Waals surface area contributed by atoms with E-state index in [2.05, 4.69) is 5.32 Å². The molecule has 0 aromatic heterocycles. The molecule has 24 heavy (non-hydrogen) atoms. The van der Waals surface area contributed by atoms with E-state index in [9.17, 15) is 26.3 Å². The van der Waals surface area contributed by atoms with Gasteiger partial charge in [0.15, 0.2) is 0 Å². The van der Waals surface area contributed by atoms with Crippen LogP contribution in [0.5, 0.6) is 0 Å². The predicted octanol–water partition coefficient (Wildman–Crippen LogP) is 4.59. The molecule has 0 saturated carbocycles. The molecule has 1 aromatic carbocycles. The molecule has 2 nitrogen and oxygen atoms in total. The van der Waals surface area contributed by atoms with Gasteiger partial charge in [-0.05, 0) is 35.9 Å². The highest BCUT2D eigenvalue weighted by atomic mass is 32.2. The van der Waals surface area contributed by atoms with Crippen LogP contribution >= 0.6 is 11.8 Å². The maximum absolute atomic E-state index is 12.6. The molecule has 0 spiro atoms. The average Bonchev–Trinajstić information content (AvgIpc) is 2.47. The Balaban J connectivity index is 2.12. The van der Waals surface area contributed by atoms with Crippen LogP contribution in [-0.2, 0) is 0 Å². The van der Waals surface area contributed by atoms with E-state index >= 15 is 0 Å². The second-order valence-electron chi connectivity index (χ2n) is 5.57. The minimum Gasteiger partial charge on any atom is -0.314 e. The normalized spacial score (nSPS) is 18.6. The molecule has 1 aliphatic rings. The van der Waals surface area contributed by atoms with Gasteiger partial charge in [0, 0.05) is 43.5 Å². The lowest BCUT2D eigenvalue weighted by atomic mass is 9.99. The minimum absolute atomic E-state index is 0.0288. The molecular weight excluding hydrogens is 354 g/mol. The fourth-order valence-corrected chi connectivity index (χ4v) is 3.29. The first-order chi connectivity index (χ1) is 11.1. The Kier molecular flexibility index (Phi) is 6.44. The largest absolute Gasteiger partial charge is 0.446 e. The van der Waals surface area contributed by atoms with E-state index < -0.39 is 24.1 Å². The SMILES string of the molecule is FC(F)(F)CC[C@H](c1ccc(SC(F)(F)F)cc1)N1CCNCC1. The van der Waals surface area contributed by atoms with Crippen molar-refractivity contribution < 1.29 is 26.3 Å². The van der Waals surface area contributed by atoms with Gasteiger partial charge in [-0.3, -0.25) is 4.90 Å². The smallest absolute Gasteiger partial charge is 0.314 e. The van der Waals surface area contributed by atoms with Crippen LogP contribution in [-0.4, -0.2) is 42.8 Å². The minimum atomic E-state index is -4.38. The summed E-state index contributed by atoms with van der Waals surface area (Å²) < 4.78 is 74.9. The van der Waals surface area contributed by atoms with E-state index in [4.69, 9.17) is 0 Å². The molecule has 1 aromatic rings. The van der Waals surface area contributed by atoms with E-state index in [0.29, 0.717) is 31.7 Å². The number of piperazine rings is 1. The van der Waals surface area contributed by atoms with Crippen LogP contribution in [0.25, 0.3) is 0 Å². The van der Waals surface area contributed by atoms with E-state index in [1.165, 1.54) is 24.3 Å². The van der Waals surface area contributed by atoms with E-state index in [1.54, 1.807) is 0 Å². The summed E-state index contributed by atoms with van der Waals surface area (Å²) in [6, 6.07) is 5.18. The second kappa shape index (κ2) is 7.97. The van der Waals surface area contributed by atoms with E-state index in [0.717, 1.165) is 0 Å². The van der Waals surface area contributed by atoms with Gasteiger partial charge in [-0.2, -0.15) is 26.3 Å². The van der Waals surface area contributed by atoms with Crippen LogP contribution < -0.4 is 5.32 Å². The third-order valence-electron chi connectivity index (χ3n) is 3.79. The summed E-state index contributed by atoms with van der Waals surface area (Å²) in [6.07, 6.45) is -5.27. The summed E-state index contributed by atoms with van der Waals surface area (Å²) in [7, 11) is 0. The van der Waals surface area contributed by atoms with Gasteiger partial charge in [0.2, 0.25) is 0 Å². The Labute approximate surface area is 140 Å². The van der Waals surface area contributed by atoms with Crippen LogP contribution in [0.2, 0.25) is 0 Å². The lowest BCUT2D eigenvalue weighted by Crippen LogP contribution is -2.45. The van der Waals surface area contributed by atoms with Crippen molar-refractivity contribution in [2.24, 2.45) is 0 Å². The van der Waals surface area contributed by atoms with Crippen molar-refractivity contribution >= 4 is 11.8 Å². The monoisotopic (exact) mass is 372 g/mol. The zero-order chi connectivity index (χ0) is 17.8. The number of rotatable bonds is 5. The Morgan fingerprint density at radius 2 is 1.58 bits per heavy atom. The molecular formula is C15H18F6N2S. The fraction of sp³-hybridized carbons (Fsp3) is 0.600. The standard InChI is InChI=1S/C15H18F6N2S/c16-14(17,18)6-5-13(23-9-7-22-8-10-23)11-1-3-12(4-2-11)24-15(19,20)21/h1-4,13,22H,5-10H2/t13-/m1/s1. The molecule has 1 N–H and O–H groups in total. The van der Waals surface area contributed by atoms with Crippen molar-refractivity contribution in [1.29, 1.82) is 0 Å². The molecule has 2 rings (SSSR count). The highest BCUT2D eigenvalue weighted by molar-refractivity contribution is 8.00. The summed E-state index contributed by atoms with van der Waals surface area (Å²) in [5.41, 5.74) is -3.76. The number of nitrogens with zero attached hydrogens (tertiary/aromatic N) is 1. The van der Waals surface area contributed by atoms with Gasteiger partial charge < -0.3 is 5.32 Å². The van der Waals surface area contributed by atoms with Crippen LogP contribution in [0.4, 0.5) is 26.3 Å². The predicted molar refractivity (Wildman–Crippen MR) is 80.8 cm³/mol. The van der Waals surface area contributed by atoms with Crippen molar-refractivity contribution in [3.05, 3.63) is 29.8 Å². The van der Waals surface area contributed by atoms with E-state index in [-0.39, 0.29) is 23.1 Å². The van der Waals surface area contributed by atoms with Gasteiger partial charge in [-0.25, -0.2) is 0 Å². The maximum atomic E-state index is 12.6. The van der Waals surface area contributed by atoms with Gasteiger partial charge >= 0.3 is 11.7 Å². The second-order valence-corrected chi connectivity index (χ2v) is 6.71. The Bertz CT molecular complexity index is 508. The number of halogens is 6. The number of alkyl halides is 6. The topological polar surface area (TPSA) is 15.3 Å². The Morgan fingerprint density at radius 3 is 2.08 bits per heavy atom. The lowest BCUT2D eigenvalue weighted by Gasteiger charge is -2.35. The number of benzene rings is 1. The summed E-state index contributed by atoms with van der Waals surface area (Å²) in [4.78, 5) is 1.98. The summed E-state index contributed by atoms with van der Waals surface area (Å²) in [5, 5.41) is 3.14. The lowest BCUT2D eigenvalue weighted by molar-refractivity contribution is -0.138. The quantitative estimate of drug-likeness (QED) is 0.601. The molecule has 0 unspecified atom stereocenters. The van der Waals surface area contributed by atoms with Gasteiger partial charge in [0.1, 0.15) is 0 Å². The first-order valence-corrected chi connectivity index (χ1v) is 8.33. The van der Waals surface area contributed by atoms with Crippen molar-refractivity contribution in [2.45, 2.75) is 35.5 Å². The first-order valence-electron chi connectivity index (χ1n) is 7.51. The number of nitrogens with one attached hydrogen (secondary N) is 1. The van der Waals surface area contributed by atoms with Crippen molar-refractivity contribution in [3.63, 3.8) is 0 Å². The highest BCUT2D eigenvalue weighted by Crippen LogP contribution is 2.38.